The highest BCUT2D eigenvalue weighted by Gasteiger charge is 2.17. The Kier molecular flexibility index (Phi) is 3.86. The first-order chi connectivity index (χ1) is 9.49. The molecule has 0 heterocycles. The normalized spacial score (nSPS) is 10.1. The van der Waals surface area contributed by atoms with Gasteiger partial charge in [-0.15, -0.1) is 0 Å². The number of hydrogen-bond donors (Lipinski definition) is 2. The molecule has 0 saturated carbocycles. The lowest BCUT2D eigenvalue weighted by Gasteiger charge is -2.09. The Morgan fingerprint density at radius 2 is 1.90 bits per heavy atom. The maximum Gasteiger partial charge on any atom is 0.335 e. The molecule has 102 valence electrons. The molecule has 0 aliphatic carbocycles. The number of nitrogens with one attached hydrogen (secondary N) is 1. The van der Waals surface area contributed by atoms with Crippen LogP contribution < -0.4 is 5.32 Å². The van der Waals surface area contributed by atoms with Crippen LogP contribution in [0.3, 0.4) is 0 Å². The van der Waals surface area contributed by atoms with Gasteiger partial charge in [0.1, 0.15) is 5.69 Å². The molecule has 6 nitrogen and oxygen atoms in total. The molecule has 2 N–H and O–H groups in total. The maximum absolute atomic E-state index is 11.0. The van der Waals surface area contributed by atoms with Gasteiger partial charge in [0.15, 0.2) is 0 Å². The number of nitrogens with zero attached hydrogens (tertiary/aromatic N) is 1. The molecular formula is C13H9ClN2O4. The third kappa shape index (κ3) is 2.86. The van der Waals surface area contributed by atoms with Gasteiger partial charge >= 0.3 is 5.97 Å². The molecule has 0 radical (unpaired) electrons. The number of carboxylic acid groups (broad SMARTS) is 1. The molecular weight excluding hydrogens is 284 g/mol. The van der Waals surface area contributed by atoms with Gasteiger partial charge in [0, 0.05) is 6.07 Å². The van der Waals surface area contributed by atoms with Crippen LogP contribution in [-0.4, -0.2) is 16.0 Å². The van der Waals surface area contributed by atoms with E-state index in [4.69, 9.17) is 16.7 Å². The van der Waals surface area contributed by atoms with E-state index in [1.54, 1.807) is 24.3 Å². The highest BCUT2D eigenvalue weighted by Crippen LogP contribution is 2.31. The van der Waals surface area contributed by atoms with Crippen LogP contribution in [0.4, 0.5) is 17.1 Å². The molecule has 0 aliphatic rings. The predicted molar refractivity (Wildman–Crippen MR) is 74.8 cm³/mol. The van der Waals surface area contributed by atoms with E-state index < -0.39 is 10.9 Å². The van der Waals surface area contributed by atoms with Crippen LogP contribution >= 0.6 is 11.6 Å². The SMILES string of the molecule is O=C(O)c1ccc([N+](=O)[O-])c(Nc2ccccc2Cl)c1. The number of carbonyl (C=O) groups is 1. The van der Waals surface area contributed by atoms with Crippen molar-refractivity contribution in [3.8, 4) is 0 Å². The van der Waals surface area contributed by atoms with Crippen molar-refractivity contribution in [1.82, 2.24) is 0 Å². The number of nitro benzene ring substituents is 1. The zero-order valence-electron chi connectivity index (χ0n) is 10.0. The summed E-state index contributed by atoms with van der Waals surface area (Å²) in [5.41, 5.74) is 0.253. The standard InChI is InChI=1S/C13H9ClN2O4/c14-9-3-1-2-4-10(9)15-11-7-8(13(17)18)5-6-12(11)16(19)20/h1-7,15H,(H,17,18). The van der Waals surface area contributed by atoms with Crippen LogP contribution in [0.1, 0.15) is 10.4 Å². The Bertz CT molecular complexity index is 688. The third-order valence-electron chi connectivity index (χ3n) is 2.58. The third-order valence-corrected chi connectivity index (χ3v) is 2.91. The number of anilines is 2. The Balaban J connectivity index is 2.48. The molecule has 0 aliphatic heterocycles. The topological polar surface area (TPSA) is 92.5 Å². The summed E-state index contributed by atoms with van der Waals surface area (Å²) in [6.45, 7) is 0. The molecule has 0 atom stereocenters. The zero-order chi connectivity index (χ0) is 14.7. The van der Waals surface area contributed by atoms with Gasteiger partial charge in [-0.1, -0.05) is 23.7 Å². The molecule has 7 heteroatoms. The summed E-state index contributed by atoms with van der Waals surface area (Å²) in [7, 11) is 0. The Morgan fingerprint density at radius 3 is 2.50 bits per heavy atom. The average Bonchev–Trinajstić information content (AvgIpc) is 2.41. The fraction of sp³-hybridized carbons (Fsp3) is 0. The molecule has 0 fully saturated rings. The van der Waals surface area contributed by atoms with Crippen molar-refractivity contribution in [2.75, 3.05) is 5.32 Å². The van der Waals surface area contributed by atoms with Gasteiger partial charge in [0.2, 0.25) is 0 Å². The summed E-state index contributed by atoms with van der Waals surface area (Å²) in [5, 5.41) is 23.1. The molecule has 0 unspecified atom stereocenters. The number of nitro groups is 1. The van der Waals surface area contributed by atoms with Gasteiger partial charge in [0.25, 0.3) is 5.69 Å². The molecule has 0 aromatic heterocycles. The first-order valence-electron chi connectivity index (χ1n) is 5.52. The van der Waals surface area contributed by atoms with Crippen LogP contribution in [0.5, 0.6) is 0 Å². The van der Waals surface area contributed by atoms with E-state index in [0.29, 0.717) is 10.7 Å². The maximum atomic E-state index is 11.0. The van der Waals surface area contributed by atoms with Gasteiger partial charge in [-0.25, -0.2) is 4.79 Å². The summed E-state index contributed by atoms with van der Waals surface area (Å²) in [6.07, 6.45) is 0. The first kappa shape index (κ1) is 13.8. The molecule has 0 amide bonds. The predicted octanol–water partition coefficient (Wildman–Crippen LogP) is 3.69. The number of halogens is 1. The number of rotatable bonds is 4. The number of para-hydroxylation sites is 1. The monoisotopic (exact) mass is 292 g/mol. The van der Waals surface area contributed by atoms with Crippen LogP contribution in [0.2, 0.25) is 5.02 Å². The van der Waals surface area contributed by atoms with Gasteiger partial charge in [0.05, 0.1) is 21.2 Å². The smallest absolute Gasteiger partial charge is 0.335 e. The number of hydrogen-bond acceptors (Lipinski definition) is 4. The van der Waals surface area contributed by atoms with Gasteiger partial charge in [-0.3, -0.25) is 10.1 Å². The first-order valence-corrected chi connectivity index (χ1v) is 5.90. The van der Waals surface area contributed by atoms with Crippen molar-refractivity contribution in [2.24, 2.45) is 0 Å². The van der Waals surface area contributed by atoms with E-state index in [2.05, 4.69) is 5.32 Å². The summed E-state index contributed by atoms with van der Waals surface area (Å²) < 4.78 is 0. The second kappa shape index (κ2) is 5.58. The number of carboxylic acids is 1. The van der Waals surface area contributed by atoms with E-state index in [1.165, 1.54) is 12.1 Å². The summed E-state index contributed by atoms with van der Waals surface area (Å²) in [5.74, 6) is -1.16. The lowest BCUT2D eigenvalue weighted by molar-refractivity contribution is -0.383. The van der Waals surface area contributed by atoms with Crippen molar-refractivity contribution in [3.05, 3.63) is 63.2 Å². The Labute approximate surface area is 118 Å². The largest absolute Gasteiger partial charge is 0.478 e. The van der Waals surface area contributed by atoms with Crippen molar-refractivity contribution in [3.63, 3.8) is 0 Å². The van der Waals surface area contributed by atoms with Crippen molar-refractivity contribution < 1.29 is 14.8 Å². The van der Waals surface area contributed by atoms with Crippen LogP contribution in [0.25, 0.3) is 0 Å². The van der Waals surface area contributed by atoms with E-state index in [-0.39, 0.29) is 16.9 Å². The van der Waals surface area contributed by atoms with Crippen molar-refractivity contribution in [2.45, 2.75) is 0 Å². The van der Waals surface area contributed by atoms with Gasteiger partial charge in [-0.05, 0) is 24.3 Å². The van der Waals surface area contributed by atoms with Gasteiger partial charge < -0.3 is 10.4 Å². The van der Waals surface area contributed by atoms with Gasteiger partial charge in [-0.2, -0.15) is 0 Å². The quantitative estimate of drug-likeness (QED) is 0.662. The molecule has 2 aromatic carbocycles. The summed E-state index contributed by atoms with van der Waals surface area (Å²) in [4.78, 5) is 21.3. The second-order valence-electron chi connectivity index (χ2n) is 3.90. The highest BCUT2D eigenvalue weighted by atomic mass is 35.5. The lowest BCUT2D eigenvalue weighted by atomic mass is 10.1. The summed E-state index contributed by atoms with van der Waals surface area (Å²) in [6, 6.07) is 10.2. The Hall–Kier alpha value is -2.60. The molecule has 2 rings (SSSR count). The fourth-order valence-corrected chi connectivity index (χ4v) is 1.82. The zero-order valence-corrected chi connectivity index (χ0v) is 10.8. The van der Waals surface area contributed by atoms with E-state index >= 15 is 0 Å². The molecule has 0 saturated heterocycles. The Morgan fingerprint density at radius 1 is 1.20 bits per heavy atom. The molecule has 0 bridgehead atoms. The lowest BCUT2D eigenvalue weighted by Crippen LogP contribution is -2.02. The van der Waals surface area contributed by atoms with Crippen molar-refractivity contribution in [1.29, 1.82) is 0 Å². The van der Waals surface area contributed by atoms with E-state index in [0.717, 1.165) is 6.07 Å². The van der Waals surface area contributed by atoms with E-state index in [9.17, 15) is 14.9 Å². The second-order valence-corrected chi connectivity index (χ2v) is 4.31. The highest BCUT2D eigenvalue weighted by molar-refractivity contribution is 6.33. The molecule has 20 heavy (non-hydrogen) atoms. The van der Waals surface area contributed by atoms with Crippen molar-refractivity contribution >= 4 is 34.6 Å². The number of aromatic carboxylic acids is 1. The molecule has 2 aromatic rings. The van der Waals surface area contributed by atoms with Crippen LogP contribution in [-0.2, 0) is 0 Å². The minimum absolute atomic E-state index is 0.0508. The van der Waals surface area contributed by atoms with Crippen LogP contribution in [0, 0.1) is 10.1 Å². The number of benzene rings is 2. The fourth-order valence-electron chi connectivity index (χ4n) is 1.64. The van der Waals surface area contributed by atoms with Crippen LogP contribution in [0.15, 0.2) is 42.5 Å². The summed E-state index contributed by atoms with van der Waals surface area (Å²) >= 11 is 5.96. The average molecular weight is 293 g/mol. The van der Waals surface area contributed by atoms with E-state index in [1.807, 2.05) is 0 Å². The minimum Gasteiger partial charge on any atom is -0.478 e. The minimum atomic E-state index is -1.16. The molecule has 0 spiro atoms.